The molecule has 0 aromatic heterocycles. The second-order valence-electron chi connectivity index (χ2n) is 7.06. The lowest BCUT2D eigenvalue weighted by Gasteiger charge is -2.20. The SMILES string of the molecule is CCN(CC)c1ccc(N=Nc2cc(OC)c(N=Nc3ccc([N+](=O)[O-])cc3)cc2OC)cc1. The highest BCUT2D eigenvalue weighted by Gasteiger charge is 2.12. The van der Waals surface area contributed by atoms with E-state index in [2.05, 4.69) is 39.2 Å². The van der Waals surface area contributed by atoms with Crippen molar-refractivity contribution in [2.75, 3.05) is 32.2 Å². The normalized spacial score (nSPS) is 11.2. The van der Waals surface area contributed by atoms with E-state index >= 15 is 0 Å². The van der Waals surface area contributed by atoms with Gasteiger partial charge in [0.05, 0.1) is 30.5 Å². The summed E-state index contributed by atoms with van der Waals surface area (Å²) in [6.07, 6.45) is 0. The largest absolute Gasteiger partial charge is 0.494 e. The predicted molar refractivity (Wildman–Crippen MR) is 131 cm³/mol. The number of hydrogen-bond acceptors (Lipinski definition) is 9. The van der Waals surface area contributed by atoms with E-state index in [0.717, 1.165) is 18.8 Å². The molecule has 0 bridgehead atoms. The highest BCUT2D eigenvalue weighted by atomic mass is 16.6. The third kappa shape index (κ3) is 5.91. The molecule has 10 heteroatoms. The zero-order valence-electron chi connectivity index (χ0n) is 19.5. The maximum Gasteiger partial charge on any atom is 0.269 e. The van der Waals surface area contributed by atoms with Gasteiger partial charge in [0.1, 0.15) is 22.9 Å². The van der Waals surface area contributed by atoms with E-state index in [1.54, 1.807) is 12.1 Å². The van der Waals surface area contributed by atoms with Crippen LogP contribution in [0.1, 0.15) is 13.8 Å². The van der Waals surface area contributed by atoms with Crippen molar-refractivity contribution in [3.8, 4) is 11.5 Å². The molecule has 0 N–H and O–H groups in total. The molecule has 0 aliphatic rings. The molecular formula is C24H26N6O4. The average molecular weight is 463 g/mol. The number of ether oxygens (including phenoxy) is 2. The van der Waals surface area contributed by atoms with Gasteiger partial charge < -0.3 is 14.4 Å². The second-order valence-corrected chi connectivity index (χ2v) is 7.06. The number of methoxy groups -OCH3 is 2. The van der Waals surface area contributed by atoms with Crippen LogP contribution in [0.3, 0.4) is 0 Å². The highest BCUT2D eigenvalue weighted by Crippen LogP contribution is 2.41. The van der Waals surface area contributed by atoms with Crippen LogP contribution in [-0.2, 0) is 0 Å². The summed E-state index contributed by atoms with van der Waals surface area (Å²) in [5.41, 5.74) is 3.17. The number of rotatable bonds is 10. The van der Waals surface area contributed by atoms with E-state index in [9.17, 15) is 10.1 Å². The van der Waals surface area contributed by atoms with Crippen LogP contribution in [0, 0.1) is 10.1 Å². The van der Waals surface area contributed by atoms with Crippen molar-refractivity contribution in [3.05, 3.63) is 70.8 Å². The molecule has 0 saturated heterocycles. The first kappa shape index (κ1) is 24.3. The first-order valence-electron chi connectivity index (χ1n) is 10.7. The van der Waals surface area contributed by atoms with E-state index in [-0.39, 0.29) is 5.69 Å². The molecule has 3 aromatic rings. The fraction of sp³-hybridized carbons (Fsp3) is 0.250. The van der Waals surface area contributed by atoms with E-state index in [1.807, 2.05) is 24.3 Å². The van der Waals surface area contributed by atoms with Gasteiger partial charge in [-0.15, -0.1) is 10.2 Å². The van der Waals surface area contributed by atoms with Crippen LogP contribution in [0.25, 0.3) is 0 Å². The van der Waals surface area contributed by atoms with Crippen molar-refractivity contribution in [2.24, 2.45) is 20.5 Å². The summed E-state index contributed by atoms with van der Waals surface area (Å²) in [6, 6.07) is 16.9. The number of nitro benzene ring substituents is 1. The molecule has 0 atom stereocenters. The van der Waals surface area contributed by atoms with Gasteiger partial charge in [-0.1, -0.05) is 0 Å². The van der Waals surface area contributed by atoms with Crippen molar-refractivity contribution in [1.82, 2.24) is 0 Å². The van der Waals surface area contributed by atoms with Crippen molar-refractivity contribution in [3.63, 3.8) is 0 Å². The van der Waals surface area contributed by atoms with Gasteiger partial charge in [0.15, 0.2) is 0 Å². The molecular weight excluding hydrogens is 436 g/mol. The van der Waals surface area contributed by atoms with Crippen molar-refractivity contribution < 1.29 is 14.4 Å². The van der Waals surface area contributed by atoms with Crippen LogP contribution in [0.15, 0.2) is 81.1 Å². The van der Waals surface area contributed by atoms with Crippen molar-refractivity contribution >= 4 is 34.1 Å². The zero-order chi connectivity index (χ0) is 24.5. The molecule has 10 nitrogen and oxygen atoms in total. The second kappa shape index (κ2) is 11.5. The molecule has 3 aromatic carbocycles. The van der Waals surface area contributed by atoms with Crippen LogP contribution in [0.2, 0.25) is 0 Å². The summed E-state index contributed by atoms with van der Waals surface area (Å²) < 4.78 is 10.9. The molecule has 0 radical (unpaired) electrons. The van der Waals surface area contributed by atoms with E-state index in [0.29, 0.717) is 34.2 Å². The number of non-ortho nitro benzene ring substituents is 1. The standard InChI is InChI=1S/C24H26N6O4/c1-5-29(6-2)19-11-7-17(8-12-19)25-27-21-15-24(34-4)22(16-23(21)33-3)28-26-18-9-13-20(14-10-18)30(31)32/h7-16H,5-6H2,1-4H3. The fourth-order valence-electron chi connectivity index (χ4n) is 3.20. The first-order chi connectivity index (χ1) is 16.5. The highest BCUT2D eigenvalue weighted by molar-refractivity contribution is 5.66. The van der Waals surface area contributed by atoms with Gasteiger partial charge in [-0.3, -0.25) is 10.1 Å². The van der Waals surface area contributed by atoms with Crippen LogP contribution < -0.4 is 14.4 Å². The molecule has 34 heavy (non-hydrogen) atoms. The van der Waals surface area contributed by atoms with Crippen LogP contribution >= 0.6 is 0 Å². The zero-order valence-corrected chi connectivity index (χ0v) is 19.5. The number of anilines is 1. The maximum absolute atomic E-state index is 10.8. The van der Waals surface area contributed by atoms with Gasteiger partial charge in [0.2, 0.25) is 0 Å². The van der Waals surface area contributed by atoms with E-state index < -0.39 is 4.92 Å². The summed E-state index contributed by atoms with van der Waals surface area (Å²) in [4.78, 5) is 12.6. The Balaban J connectivity index is 1.83. The fourth-order valence-corrected chi connectivity index (χ4v) is 3.20. The maximum atomic E-state index is 10.8. The number of benzene rings is 3. The summed E-state index contributed by atoms with van der Waals surface area (Å²) >= 11 is 0. The number of hydrogen-bond donors (Lipinski definition) is 0. The third-order valence-electron chi connectivity index (χ3n) is 5.07. The molecule has 0 fully saturated rings. The smallest absolute Gasteiger partial charge is 0.269 e. The Hall–Kier alpha value is -4.34. The summed E-state index contributed by atoms with van der Waals surface area (Å²) in [5.74, 6) is 0.874. The predicted octanol–water partition coefficient (Wildman–Crippen LogP) is 7.29. The Bertz CT molecular complexity index is 1170. The van der Waals surface area contributed by atoms with E-state index in [1.165, 1.54) is 38.5 Å². The average Bonchev–Trinajstić information content (AvgIpc) is 2.87. The Morgan fingerprint density at radius 3 is 1.59 bits per heavy atom. The minimum atomic E-state index is -0.471. The van der Waals surface area contributed by atoms with Gasteiger partial charge in [-0.05, 0) is 50.2 Å². The molecule has 0 unspecified atom stereocenters. The molecule has 0 aliphatic carbocycles. The molecule has 176 valence electrons. The lowest BCUT2D eigenvalue weighted by atomic mass is 10.2. The van der Waals surface area contributed by atoms with Gasteiger partial charge in [0.25, 0.3) is 5.69 Å². The Morgan fingerprint density at radius 1 is 0.765 bits per heavy atom. The van der Waals surface area contributed by atoms with Gasteiger partial charge in [-0.2, -0.15) is 10.2 Å². The summed E-state index contributed by atoms with van der Waals surface area (Å²) in [7, 11) is 3.04. The molecule has 0 amide bonds. The Morgan fingerprint density at radius 2 is 1.21 bits per heavy atom. The lowest BCUT2D eigenvalue weighted by molar-refractivity contribution is -0.384. The van der Waals surface area contributed by atoms with Crippen LogP contribution in [-0.4, -0.2) is 32.2 Å². The van der Waals surface area contributed by atoms with Crippen molar-refractivity contribution in [1.29, 1.82) is 0 Å². The first-order valence-corrected chi connectivity index (χ1v) is 10.7. The monoisotopic (exact) mass is 462 g/mol. The van der Waals surface area contributed by atoms with E-state index in [4.69, 9.17) is 9.47 Å². The Labute approximate surface area is 197 Å². The van der Waals surface area contributed by atoms with Gasteiger partial charge >= 0.3 is 0 Å². The lowest BCUT2D eigenvalue weighted by Crippen LogP contribution is -2.21. The minimum Gasteiger partial charge on any atom is -0.494 e. The number of azo groups is 2. The number of nitrogens with zero attached hydrogens (tertiary/aromatic N) is 6. The Kier molecular flexibility index (Phi) is 8.22. The minimum absolute atomic E-state index is 0.0180. The number of nitro groups is 1. The van der Waals surface area contributed by atoms with Crippen molar-refractivity contribution in [2.45, 2.75) is 13.8 Å². The van der Waals surface area contributed by atoms with Crippen LogP contribution in [0.5, 0.6) is 11.5 Å². The topological polar surface area (TPSA) is 114 Å². The molecule has 0 saturated carbocycles. The molecule has 3 rings (SSSR count). The molecule has 0 heterocycles. The summed E-state index contributed by atoms with van der Waals surface area (Å²) in [6.45, 7) is 6.10. The van der Waals surface area contributed by atoms with Crippen LogP contribution in [0.4, 0.5) is 34.1 Å². The third-order valence-corrected chi connectivity index (χ3v) is 5.07. The molecule has 0 aliphatic heterocycles. The van der Waals surface area contributed by atoms with Gasteiger partial charge in [0, 0.05) is 43.0 Å². The van der Waals surface area contributed by atoms with Gasteiger partial charge in [-0.25, -0.2) is 0 Å². The summed E-state index contributed by atoms with van der Waals surface area (Å²) in [5, 5.41) is 27.8. The quantitative estimate of drug-likeness (QED) is 0.178. The molecule has 0 spiro atoms.